The molecule has 2 amide bonds. The molecule has 3 rings (SSSR count). The van der Waals surface area contributed by atoms with Crippen molar-refractivity contribution in [2.45, 2.75) is 0 Å². The van der Waals surface area contributed by atoms with Gasteiger partial charge in [-0.05, 0) is 24.3 Å². The number of carbonyl (C=O) groups is 2. The molecule has 3 N–H and O–H groups in total. The topological polar surface area (TPSA) is 97.5 Å². The molecular weight excluding hydrogens is 308 g/mol. The molecule has 7 nitrogen and oxygen atoms in total. The summed E-state index contributed by atoms with van der Waals surface area (Å²) in [5.74, 6) is -0.918. The zero-order chi connectivity index (χ0) is 16.9. The lowest BCUT2D eigenvalue weighted by atomic mass is 10.2. The fourth-order valence-corrected chi connectivity index (χ4v) is 2.53. The lowest BCUT2D eigenvalue weighted by Crippen LogP contribution is -2.36. The lowest BCUT2D eigenvalue weighted by molar-refractivity contribution is 0.0990. The molecule has 1 fully saturated rings. The predicted molar refractivity (Wildman–Crippen MR) is 90.2 cm³/mol. The van der Waals surface area contributed by atoms with Crippen LogP contribution in [-0.4, -0.2) is 43.1 Å². The Bertz CT molecular complexity index is 740. The van der Waals surface area contributed by atoms with E-state index in [0.717, 1.165) is 24.5 Å². The Morgan fingerprint density at radius 2 is 1.88 bits per heavy atom. The Balaban J connectivity index is 1.77. The number of primary amides is 1. The van der Waals surface area contributed by atoms with Gasteiger partial charge in [0.05, 0.1) is 30.2 Å². The van der Waals surface area contributed by atoms with Crippen LogP contribution >= 0.6 is 0 Å². The van der Waals surface area contributed by atoms with Gasteiger partial charge in [-0.3, -0.25) is 14.6 Å². The van der Waals surface area contributed by atoms with Crippen molar-refractivity contribution in [1.82, 2.24) is 4.98 Å². The van der Waals surface area contributed by atoms with Crippen LogP contribution in [0.2, 0.25) is 0 Å². The highest BCUT2D eigenvalue weighted by molar-refractivity contribution is 6.06. The van der Waals surface area contributed by atoms with Crippen molar-refractivity contribution in [2.75, 3.05) is 36.5 Å². The quantitative estimate of drug-likeness (QED) is 0.882. The number of aromatic nitrogens is 1. The molecule has 7 heteroatoms. The van der Waals surface area contributed by atoms with Gasteiger partial charge in [0.2, 0.25) is 0 Å². The van der Waals surface area contributed by atoms with Crippen LogP contribution in [-0.2, 0) is 4.74 Å². The number of benzene rings is 1. The van der Waals surface area contributed by atoms with Crippen LogP contribution in [0, 0.1) is 0 Å². The van der Waals surface area contributed by atoms with Crippen LogP contribution in [0.3, 0.4) is 0 Å². The summed E-state index contributed by atoms with van der Waals surface area (Å²) in [7, 11) is 0. The average molecular weight is 326 g/mol. The molecule has 0 saturated carbocycles. The summed E-state index contributed by atoms with van der Waals surface area (Å²) in [6, 6.07) is 10.6. The predicted octanol–water partition coefficient (Wildman–Crippen LogP) is 1.27. The zero-order valence-corrected chi connectivity index (χ0v) is 13.1. The Morgan fingerprint density at radius 3 is 2.54 bits per heavy atom. The SMILES string of the molecule is NC(=O)c1ccc(C(=O)Nc2ccccc2N2CCOCC2)cn1. The second kappa shape index (κ2) is 7.10. The van der Waals surface area contributed by atoms with E-state index in [2.05, 4.69) is 15.2 Å². The van der Waals surface area contributed by atoms with Gasteiger partial charge in [-0.2, -0.15) is 0 Å². The van der Waals surface area contributed by atoms with Crippen LogP contribution in [0.1, 0.15) is 20.8 Å². The molecule has 0 radical (unpaired) electrons. The standard InChI is InChI=1S/C17H18N4O3/c18-16(22)14-6-5-12(11-19-14)17(23)20-13-3-1-2-4-15(13)21-7-9-24-10-8-21/h1-6,11H,7-10H2,(H2,18,22)(H,20,23). The molecule has 124 valence electrons. The third kappa shape index (κ3) is 3.52. The summed E-state index contributed by atoms with van der Waals surface area (Å²) in [4.78, 5) is 29.5. The molecule has 1 aromatic heterocycles. The first-order valence-electron chi connectivity index (χ1n) is 7.64. The van der Waals surface area contributed by atoms with Crippen molar-refractivity contribution < 1.29 is 14.3 Å². The molecular formula is C17H18N4O3. The van der Waals surface area contributed by atoms with E-state index in [-0.39, 0.29) is 11.6 Å². The van der Waals surface area contributed by atoms with Gasteiger partial charge in [-0.15, -0.1) is 0 Å². The van der Waals surface area contributed by atoms with E-state index in [9.17, 15) is 9.59 Å². The highest BCUT2D eigenvalue weighted by atomic mass is 16.5. The molecule has 24 heavy (non-hydrogen) atoms. The molecule has 1 aliphatic rings. The van der Waals surface area contributed by atoms with Crippen molar-refractivity contribution in [2.24, 2.45) is 5.73 Å². The molecule has 0 unspecified atom stereocenters. The van der Waals surface area contributed by atoms with E-state index in [4.69, 9.17) is 10.5 Å². The average Bonchev–Trinajstić information content (AvgIpc) is 2.63. The fraction of sp³-hybridized carbons (Fsp3) is 0.235. The smallest absolute Gasteiger partial charge is 0.267 e. The van der Waals surface area contributed by atoms with Crippen molar-refractivity contribution in [1.29, 1.82) is 0 Å². The minimum atomic E-state index is -0.625. The van der Waals surface area contributed by atoms with Crippen LogP contribution in [0.5, 0.6) is 0 Å². The number of carbonyl (C=O) groups excluding carboxylic acids is 2. The number of para-hydroxylation sites is 2. The van der Waals surface area contributed by atoms with E-state index < -0.39 is 5.91 Å². The maximum absolute atomic E-state index is 12.4. The molecule has 2 aromatic rings. The van der Waals surface area contributed by atoms with Gasteiger partial charge < -0.3 is 20.7 Å². The second-order valence-electron chi connectivity index (χ2n) is 5.37. The third-order valence-corrected chi connectivity index (χ3v) is 3.78. The number of rotatable bonds is 4. The molecule has 0 atom stereocenters. The van der Waals surface area contributed by atoms with Gasteiger partial charge in [0.15, 0.2) is 0 Å². The Kier molecular flexibility index (Phi) is 4.72. The number of hydrogen-bond donors (Lipinski definition) is 2. The largest absolute Gasteiger partial charge is 0.378 e. The summed E-state index contributed by atoms with van der Waals surface area (Å²) >= 11 is 0. The normalized spacial score (nSPS) is 14.2. The van der Waals surface area contributed by atoms with Crippen LogP contribution in [0.4, 0.5) is 11.4 Å². The minimum Gasteiger partial charge on any atom is -0.378 e. The highest BCUT2D eigenvalue weighted by Crippen LogP contribution is 2.26. The number of amides is 2. The number of nitrogens with one attached hydrogen (secondary N) is 1. The van der Waals surface area contributed by atoms with Crippen LogP contribution < -0.4 is 16.0 Å². The molecule has 1 aromatic carbocycles. The monoisotopic (exact) mass is 326 g/mol. The number of nitrogens with zero attached hydrogens (tertiary/aromatic N) is 2. The van der Waals surface area contributed by atoms with E-state index >= 15 is 0 Å². The summed E-state index contributed by atoms with van der Waals surface area (Å²) in [6.45, 7) is 2.89. The number of ether oxygens (including phenoxy) is 1. The number of morpholine rings is 1. The Labute approximate surface area is 139 Å². The van der Waals surface area contributed by atoms with Gasteiger partial charge in [0.25, 0.3) is 11.8 Å². The summed E-state index contributed by atoms with van der Waals surface area (Å²) in [5, 5.41) is 2.90. The Hall–Kier alpha value is -2.93. The van der Waals surface area contributed by atoms with Gasteiger partial charge in [-0.1, -0.05) is 12.1 Å². The first-order chi connectivity index (χ1) is 11.6. The number of nitrogens with two attached hydrogens (primary N) is 1. The minimum absolute atomic E-state index is 0.125. The van der Waals surface area contributed by atoms with Crippen LogP contribution in [0.15, 0.2) is 42.6 Å². The first-order valence-corrected chi connectivity index (χ1v) is 7.64. The summed E-state index contributed by atoms with van der Waals surface area (Å²) in [5.41, 5.74) is 7.31. The number of anilines is 2. The summed E-state index contributed by atoms with van der Waals surface area (Å²) < 4.78 is 5.37. The zero-order valence-electron chi connectivity index (χ0n) is 13.1. The first kappa shape index (κ1) is 15.9. The maximum Gasteiger partial charge on any atom is 0.267 e. The van der Waals surface area contributed by atoms with Gasteiger partial charge in [0.1, 0.15) is 5.69 Å². The van der Waals surface area contributed by atoms with E-state index in [1.54, 1.807) is 0 Å². The summed E-state index contributed by atoms with van der Waals surface area (Å²) in [6.07, 6.45) is 1.34. The van der Waals surface area contributed by atoms with Gasteiger partial charge in [0, 0.05) is 19.3 Å². The number of pyridine rings is 1. The fourth-order valence-electron chi connectivity index (χ4n) is 2.53. The van der Waals surface area contributed by atoms with E-state index in [1.165, 1.54) is 18.3 Å². The maximum atomic E-state index is 12.4. The van der Waals surface area contributed by atoms with Crippen molar-refractivity contribution >= 4 is 23.2 Å². The third-order valence-electron chi connectivity index (χ3n) is 3.78. The van der Waals surface area contributed by atoms with Crippen molar-refractivity contribution in [3.05, 3.63) is 53.9 Å². The second-order valence-corrected chi connectivity index (χ2v) is 5.37. The van der Waals surface area contributed by atoms with E-state index in [1.807, 2.05) is 24.3 Å². The Morgan fingerprint density at radius 1 is 1.12 bits per heavy atom. The molecule has 0 spiro atoms. The molecule has 1 aliphatic heterocycles. The van der Waals surface area contributed by atoms with Crippen molar-refractivity contribution in [3.8, 4) is 0 Å². The highest BCUT2D eigenvalue weighted by Gasteiger charge is 2.16. The molecule has 0 aliphatic carbocycles. The van der Waals surface area contributed by atoms with Gasteiger partial charge in [-0.25, -0.2) is 0 Å². The number of hydrogen-bond acceptors (Lipinski definition) is 5. The lowest BCUT2D eigenvalue weighted by Gasteiger charge is -2.30. The van der Waals surface area contributed by atoms with Gasteiger partial charge >= 0.3 is 0 Å². The van der Waals surface area contributed by atoms with Crippen molar-refractivity contribution in [3.63, 3.8) is 0 Å². The van der Waals surface area contributed by atoms with E-state index in [0.29, 0.717) is 18.8 Å². The van der Waals surface area contributed by atoms with Crippen LogP contribution in [0.25, 0.3) is 0 Å². The molecule has 1 saturated heterocycles. The molecule has 2 heterocycles. The molecule has 0 bridgehead atoms.